The summed E-state index contributed by atoms with van der Waals surface area (Å²) in [5.74, 6) is 0.920. The lowest BCUT2D eigenvalue weighted by molar-refractivity contribution is -0.155. The van der Waals surface area contributed by atoms with Crippen LogP contribution in [0, 0.1) is 0 Å². The van der Waals surface area contributed by atoms with Gasteiger partial charge in [-0.2, -0.15) is 5.10 Å². The van der Waals surface area contributed by atoms with Gasteiger partial charge in [-0.3, -0.25) is 0 Å². The van der Waals surface area contributed by atoms with Gasteiger partial charge in [0.05, 0.1) is 6.20 Å². The van der Waals surface area contributed by atoms with Crippen LogP contribution in [0.15, 0.2) is 49.2 Å². The summed E-state index contributed by atoms with van der Waals surface area (Å²) in [5.41, 5.74) is 0.716. The maximum Gasteiger partial charge on any atom is 0.347 e. The van der Waals surface area contributed by atoms with E-state index in [1.807, 2.05) is 18.2 Å². The van der Waals surface area contributed by atoms with E-state index in [-0.39, 0.29) is 0 Å². The lowest BCUT2D eigenvalue weighted by Crippen LogP contribution is -2.44. The molecule has 8 nitrogen and oxygen atoms in total. The van der Waals surface area contributed by atoms with Gasteiger partial charge < -0.3 is 14.6 Å². The lowest BCUT2D eigenvalue weighted by Gasteiger charge is -2.32. The van der Waals surface area contributed by atoms with E-state index in [4.69, 9.17) is 9.47 Å². The summed E-state index contributed by atoms with van der Waals surface area (Å²) in [6.07, 6.45) is 5.76. The highest BCUT2D eigenvalue weighted by molar-refractivity contribution is 5.78. The molecule has 0 fully saturated rings. The smallest absolute Gasteiger partial charge is 0.347 e. The molecule has 1 N–H and O–H groups in total. The molecular formula is C19H18N4O4. The van der Waals surface area contributed by atoms with E-state index in [1.54, 1.807) is 36.3 Å². The second-order valence-corrected chi connectivity index (χ2v) is 6.56. The van der Waals surface area contributed by atoms with Crippen molar-refractivity contribution < 1.29 is 19.4 Å². The fourth-order valence-electron chi connectivity index (χ4n) is 2.89. The molecule has 0 aliphatic carbocycles. The number of benzene rings is 1. The van der Waals surface area contributed by atoms with E-state index >= 15 is 0 Å². The van der Waals surface area contributed by atoms with Crippen LogP contribution in [0.25, 0.3) is 5.82 Å². The van der Waals surface area contributed by atoms with Crippen molar-refractivity contribution in [1.82, 2.24) is 19.7 Å². The Morgan fingerprint density at radius 3 is 2.96 bits per heavy atom. The van der Waals surface area contributed by atoms with E-state index in [9.17, 15) is 9.90 Å². The van der Waals surface area contributed by atoms with Gasteiger partial charge in [-0.05, 0) is 42.7 Å². The zero-order valence-corrected chi connectivity index (χ0v) is 14.7. The van der Waals surface area contributed by atoms with Gasteiger partial charge in [-0.15, -0.1) is 0 Å². The Morgan fingerprint density at radius 1 is 1.37 bits per heavy atom. The minimum absolute atomic E-state index is 0.324. The molecule has 138 valence electrons. The molecule has 0 spiro atoms. The molecule has 8 heteroatoms. The summed E-state index contributed by atoms with van der Waals surface area (Å²) >= 11 is 0. The van der Waals surface area contributed by atoms with Crippen LogP contribution in [0.1, 0.15) is 24.5 Å². The number of hydrogen-bond donors (Lipinski definition) is 1. The van der Waals surface area contributed by atoms with Crippen molar-refractivity contribution in [2.45, 2.75) is 32.0 Å². The molecule has 2 aromatic heterocycles. The zero-order chi connectivity index (χ0) is 18.9. The van der Waals surface area contributed by atoms with Gasteiger partial charge >= 0.3 is 5.97 Å². The van der Waals surface area contributed by atoms with Gasteiger partial charge in [-0.25, -0.2) is 19.4 Å². The summed E-state index contributed by atoms with van der Waals surface area (Å²) in [6, 6.07) is 9.36. The summed E-state index contributed by atoms with van der Waals surface area (Å²) in [4.78, 5) is 19.6. The number of rotatable bonds is 5. The molecule has 0 saturated heterocycles. The third-order valence-electron chi connectivity index (χ3n) is 4.57. The minimum Gasteiger partial charge on any atom is -0.487 e. The summed E-state index contributed by atoms with van der Waals surface area (Å²) in [7, 11) is 0. The largest absolute Gasteiger partial charge is 0.487 e. The van der Waals surface area contributed by atoms with Crippen molar-refractivity contribution in [3.8, 4) is 17.3 Å². The molecule has 0 saturated carbocycles. The van der Waals surface area contributed by atoms with E-state index < -0.39 is 11.6 Å². The normalized spacial score (nSPS) is 18.4. The first kappa shape index (κ1) is 17.0. The first-order valence-electron chi connectivity index (χ1n) is 8.52. The molecule has 1 atom stereocenters. The van der Waals surface area contributed by atoms with Crippen LogP contribution in [0.4, 0.5) is 0 Å². The Balaban J connectivity index is 1.44. The van der Waals surface area contributed by atoms with Crippen LogP contribution in [0.2, 0.25) is 0 Å². The molecule has 3 aromatic rings. The molecule has 3 heterocycles. The summed E-state index contributed by atoms with van der Waals surface area (Å²) < 4.78 is 13.1. The molecule has 1 aromatic carbocycles. The predicted molar refractivity (Wildman–Crippen MR) is 94.9 cm³/mol. The van der Waals surface area contributed by atoms with Gasteiger partial charge in [0.2, 0.25) is 5.60 Å². The number of carbonyl (C=O) groups is 1. The minimum atomic E-state index is -1.19. The Kier molecular flexibility index (Phi) is 4.23. The van der Waals surface area contributed by atoms with E-state index in [0.717, 1.165) is 11.1 Å². The zero-order valence-electron chi connectivity index (χ0n) is 14.7. The van der Waals surface area contributed by atoms with Crippen molar-refractivity contribution in [2.24, 2.45) is 0 Å². The number of aryl methyl sites for hydroxylation is 1. The quantitative estimate of drug-likeness (QED) is 0.740. The number of aliphatic carboxylic acids is 1. The van der Waals surface area contributed by atoms with Gasteiger partial charge in [0, 0.05) is 6.42 Å². The monoisotopic (exact) mass is 366 g/mol. The summed E-state index contributed by atoms with van der Waals surface area (Å²) in [6.45, 7) is 1.93. The standard InChI is InChI=1S/C19H18N4O4/c1-19(18(24)25)7-6-14-3-2-13(8-16(14)27-19)10-26-15-4-5-17(21-9-15)23-12-20-11-22-23/h2-5,8-9,11-12H,6-7,10H2,1H3,(H,24,25). The molecule has 1 aliphatic rings. The Hall–Kier alpha value is -3.42. The second-order valence-electron chi connectivity index (χ2n) is 6.56. The molecular weight excluding hydrogens is 348 g/mol. The Morgan fingerprint density at radius 2 is 2.26 bits per heavy atom. The average Bonchev–Trinajstić information content (AvgIpc) is 3.21. The molecule has 0 radical (unpaired) electrons. The number of fused-ring (bicyclic) bond motifs is 1. The van der Waals surface area contributed by atoms with E-state index in [1.165, 1.54) is 6.33 Å². The Bertz CT molecular complexity index is 956. The van der Waals surface area contributed by atoms with Crippen LogP contribution in [-0.2, 0) is 17.8 Å². The SMILES string of the molecule is CC1(C(=O)O)CCc2ccc(COc3ccc(-n4cncn4)nc3)cc2O1. The van der Waals surface area contributed by atoms with Crippen LogP contribution in [0.5, 0.6) is 11.5 Å². The van der Waals surface area contributed by atoms with Crippen molar-refractivity contribution in [1.29, 1.82) is 0 Å². The number of carboxylic acid groups (broad SMARTS) is 1. The number of ether oxygens (including phenoxy) is 2. The van der Waals surface area contributed by atoms with Crippen LogP contribution in [-0.4, -0.2) is 36.4 Å². The average molecular weight is 366 g/mol. The molecule has 4 rings (SSSR count). The summed E-state index contributed by atoms with van der Waals surface area (Å²) in [5, 5.41) is 13.4. The molecule has 0 amide bonds. The first-order valence-corrected chi connectivity index (χ1v) is 8.52. The van der Waals surface area contributed by atoms with E-state index in [0.29, 0.717) is 36.8 Å². The van der Waals surface area contributed by atoms with E-state index in [2.05, 4.69) is 15.1 Å². The topological polar surface area (TPSA) is 99.4 Å². The number of nitrogens with zero attached hydrogens (tertiary/aromatic N) is 4. The van der Waals surface area contributed by atoms with Gasteiger partial charge in [0.25, 0.3) is 0 Å². The highest BCUT2D eigenvalue weighted by Crippen LogP contribution is 2.34. The fraction of sp³-hybridized carbons (Fsp3) is 0.263. The molecule has 1 aliphatic heterocycles. The molecule has 27 heavy (non-hydrogen) atoms. The third-order valence-corrected chi connectivity index (χ3v) is 4.57. The Labute approximate surface area is 155 Å². The highest BCUT2D eigenvalue weighted by atomic mass is 16.5. The fourth-order valence-corrected chi connectivity index (χ4v) is 2.89. The van der Waals surface area contributed by atoms with Crippen LogP contribution < -0.4 is 9.47 Å². The molecule has 0 bridgehead atoms. The van der Waals surface area contributed by atoms with Crippen molar-refractivity contribution in [3.05, 3.63) is 60.3 Å². The van der Waals surface area contributed by atoms with Gasteiger partial charge in [-0.1, -0.05) is 12.1 Å². The highest BCUT2D eigenvalue weighted by Gasteiger charge is 2.38. The number of pyridine rings is 1. The van der Waals surface area contributed by atoms with Gasteiger partial charge in [0.1, 0.15) is 30.8 Å². The number of carboxylic acids is 1. The van der Waals surface area contributed by atoms with Crippen LogP contribution >= 0.6 is 0 Å². The maximum absolute atomic E-state index is 11.4. The number of aromatic nitrogens is 4. The number of hydrogen-bond acceptors (Lipinski definition) is 6. The lowest BCUT2D eigenvalue weighted by atomic mass is 9.92. The maximum atomic E-state index is 11.4. The van der Waals surface area contributed by atoms with Crippen molar-refractivity contribution >= 4 is 5.97 Å². The predicted octanol–water partition coefficient (Wildman–Crippen LogP) is 2.41. The molecule has 1 unspecified atom stereocenters. The second kappa shape index (κ2) is 6.71. The van der Waals surface area contributed by atoms with Gasteiger partial charge in [0.15, 0.2) is 5.82 Å². The van der Waals surface area contributed by atoms with Crippen LogP contribution in [0.3, 0.4) is 0 Å². The van der Waals surface area contributed by atoms with Crippen molar-refractivity contribution in [3.63, 3.8) is 0 Å². The van der Waals surface area contributed by atoms with Crippen molar-refractivity contribution in [2.75, 3.05) is 0 Å². The third kappa shape index (κ3) is 3.46. The first-order chi connectivity index (χ1) is 13.0.